The van der Waals surface area contributed by atoms with Gasteiger partial charge < -0.3 is 9.88 Å². The molecule has 6 aromatic rings. The van der Waals surface area contributed by atoms with Crippen LogP contribution in [0.5, 0.6) is 0 Å². The number of hydrogen-bond donors (Lipinski definition) is 1. The molecule has 0 aliphatic carbocycles. The first-order valence-corrected chi connectivity index (χ1v) is 10.9. The molecule has 0 radical (unpaired) electrons. The number of aromatic amines is 1. The van der Waals surface area contributed by atoms with E-state index in [-0.39, 0.29) is 0 Å². The number of hydrogen-bond acceptors (Lipinski definition) is 5. The minimum Gasteiger partial charge on any atom is -0.378 e. The highest BCUT2D eigenvalue weighted by Gasteiger charge is 2.16. The first-order chi connectivity index (χ1) is 15.2. The Morgan fingerprint density at radius 3 is 2.16 bits per heavy atom. The third kappa shape index (κ3) is 2.87. The van der Waals surface area contributed by atoms with Gasteiger partial charge >= 0.3 is 0 Å². The molecule has 0 spiro atoms. The van der Waals surface area contributed by atoms with Crippen molar-refractivity contribution in [1.29, 1.82) is 0 Å². The molecule has 0 bridgehead atoms. The number of pyridine rings is 2. The summed E-state index contributed by atoms with van der Waals surface area (Å²) in [5, 5.41) is 2.06. The van der Waals surface area contributed by atoms with Gasteiger partial charge in [0.25, 0.3) is 0 Å². The van der Waals surface area contributed by atoms with Gasteiger partial charge in [0, 0.05) is 47.8 Å². The fourth-order valence-corrected chi connectivity index (χ4v) is 4.96. The summed E-state index contributed by atoms with van der Waals surface area (Å²) >= 11 is 1.74. The molecule has 2 aromatic carbocycles. The fraction of sp³-hybridized carbons (Fsp3) is 0.0800. The van der Waals surface area contributed by atoms with Crippen molar-refractivity contribution < 1.29 is 0 Å². The molecule has 0 aliphatic heterocycles. The van der Waals surface area contributed by atoms with E-state index in [0.29, 0.717) is 0 Å². The summed E-state index contributed by atoms with van der Waals surface area (Å²) < 4.78 is 0. The molecule has 31 heavy (non-hydrogen) atoms. The molecule has 4 heterocycles. The maximum atomic E-state index is 4.99. The van der Waals surface area contributed by atoms with E-state index in [1.54, 1.807) is 11.3 Å². The number of rotatable bonds is 3. The van der Waals surface area contributed by atoms with Gasteiger partial charge in [-0.25, -0.2) is 4.98 Å². The second kappa shape index (κ2) is 6.89. The SMILES string of the molecule is CN(C)c1ccc(-c2ccc(-c3nc4c5cccnc5c5ncccc5c4[nH]3)s2)cc1. The van der Waals surface area contributed by atoms with E-state index in [9.17, 15) is 0 Å². The van der Waals surface area contributed by atoms with E-state index < -0.39 is 0 Å². The Hall–Kier alpha value is -3.77. The lowest BCUT2D eigenvalue weighted by Crippen LogP contribution is -2.07. The average Bonchev–Trinajstić information content (AvgIpc) is 3.47. The Kier molecular flexibility index (Phi) is 4.01. The lowest BCUT2D eigenvalue weighted by atomic mass is 10.1. The standard InChI is InChI=1S/C25H19N5S/c1-30(2)16-9-7-15(8-10-16)19-11-12-20(31-19)25-28-23-17-5-3-13-26-21(17)22-18(24(23)29-25)6-4-14-27-22/h3-14H,1-2H3,(H,28,29). The van der Waals surface area contributed by atoms with Crippen molar-refractivity contribution in [2.75, 3.05) is 19.0 Å². The number of imidazole rings is 1. The van der Waals surface area contributed by atoms with E-state index in [4.69, 9.17) is 4.98 Å². The topological polar surface area (TPSA) is 57.7 Å². The minimum absolute atomic E-state index is 0.873. The van der Waals surface area contributed by atoms with Gasteiger partial charge in [-0.1, -0.05) is 12.1 Å². The Morgan fingerprint density at radius 1 is 0.742 bits per heavy atom. The second-order valence-corrected chi connectivity index (χ2v) is 8.80. The minimum atomic E-state index is 0.873. The van der Waals surface area contributed by atoms with Gasteiger partial charge in [-0.05, 0) is 54.1 Å². The molecule has 5 nitrogen and oxygen atoms in total. The molecule has 0 saturated carbocycles. The normalized spacial score (nSPS) is 11.5. The van der Waals surface area contributed by atoms with Gasteiger partial charge in [0.1, 0.15) is 5.82 Å². The summed E-state index contributed by atoms with van der Waals surface area (Å²) in [7, 11) is 4.11. The van der Waals surface area contributed by atoms with E-state index in [0.717, 1.165) is 43.5 Å². The number of fused-ring (bicyclic) bond motifs is 6. The zero-order valence-electron chi connectivity index (χ0n) is 17.1. The van der Waals surface area contributed by atoms with Gasteiger partial charge in [0.2, 0.25) is 0 Å². The van der Waals surface area contributed by atoms with Crippen molar-refractivity contribution in [3.8, 4) is 21.1 Å². The summed E-state index contributed by atoms with van der Waals surface area (Å²) in [6.45, 7) is 0. The van der Waals surface area contributed by atoms with Crippen molar-refractivity contribution in [1.82, 2.24) is 19.9 Å². The number of nitrogens with zero attached hydrogens (tertiary/aromatic N) is 4. The van der Waals surface area contributed by atoms with Crippen LogP contribution in [0.2, 0.25) is 0 Å². The van der Waals surface area contributed by atoms with Crippen LogP contribution < -0.4 is 4.90 Å². The second-order valence-electron chi connectivity index (χ2n) is 7.71. The molecule has 0 fully saturated rings. The molecule has 6 rings (SSSR count). The maximum absolute atomic E-state index is 4.99. The molecule has 0 saturated heterocycles. The first-order valence-electron chi connectivity index (χ1n) is 10.1. The van der Waals surface area contributed by atoms with Gasteiger partial charge in [0.05, 0.1) is 26.9 Å². The predicted octanol–water partition coefficient (Wildman–Crippen LogP) is 6.12. The van der Waals surface area contributed by atoms with Gasteiger partial charge in [-0.15, -0.1) is 11.3 Å². The molecule has 1 N–H and O–H groups in total. The predicted molar refractivity (Wildman–Crippen MR) is 130 cm³/mol. The Bertz CT molecular complexity index is 1490. The third-order valence-corrected chi connectivity index (χ3v) is 6.72. The summed E-state index contributed by atoms with van der Waals surface area (Å²) in [6.07, 6.45) is 3.62. The van der Waals surface area contributed by atoms with Gasteiger partial charge in [-0.3, -0.25) is 9.97 Å². The summed E-state index contributed by atoms with van der Waals surface area (Å²) in [5.74, 6) is 0.873. The van der Waals surface area contributed by atoms with E-state index >= 15 is 0 Å². The van der Waals surface area contributed by atoms with Crippen LogP contribution in [-0.4, -0.2) is 34.0 Å². The monoisotopic (exact) mass is 421 g/mol. The maximum Gasteiger partial charge on any atom is 0.148 e. The summed E-state index contributed by atoms with van der Waals surface area (Å²) in [4.78, 5) is 22.2. The van der Waals surface area contributed by atoms with Crippen molar-refractivity contribution in [3.05, 3.63) is 73.1 Å². The zero-order chi connectivity index (χ0) is 20.9. The molecule has 0 unspecified atom stereocenters. The van der Waals surface area contributed by atoms with Crippen LogP contribution in [0.15, 0.2) is 73.1 Å². The molecule has 150 valence electrons. The Morgan fingerprint density at radius 2 is 1.42 bits per heavy atom. The van der Waals surface area contributed by atoms with Crippen LogP contribution in [0.25, 0.3) is 54.0 Å². The number of thiophene rings is 1. The van der Waals surface area contributed by atoms with Crippen LogP contribution in [-0.2, 0) is 0 Å². The zero-order valence-corrected chi connectivity index (χ0v) is 17.9. The first kappa shape index (κ1) is 18.0. The lowest BCUT2D eigenvalue weighted by molar-refractivity contribution is 1.13. The fourth-order valence-electron chi connectivity index (χ4n) is 4.00. The number of nitrogens with one attached hydrogen (secondary N) is 1. The molecular weight excluding hydrogens is 402 g/mol. The third-order valence-electron chi connectivity index (χ3n) is 5.58. The Balaban J connectivity index is 1.50. The highest BCUT2D eigenvalue weighted by Crippen LogP contribution is 2.37. The van der Waals surface area contributed by atoms with Crippen LogP contribution in [0.3, 0.4) is 0 Å². The summed E-state index contributed by atoms with van der Waals surface area (Å²) in [6, 6.07) is 21.0. The molecule has 4 aromatic heterocycles. The van der Waals surface area contributed by atoms with Crippen molar-refractivity contribution >= 4 is 49.9 Å². The van der Waals surface area contributed by atoms with Crippen molar-refractivity contribution in [3.63, 3.8) is 0 Å². The van der Waals surface area contributed by atoms with Crippen LogP contribution in [0.1, 0.15) is 0 Å². The van der Waals surface area contributed by atoms with E-state index in [1.165, 1.54) is 16.1 Å². The molecule has 0 amide bonds. The number of aromatic nitrogens is 4. The van der Waals surface area contributed by atoms with Gasteiger partial charge in [0.15, 0.2) is 0 Å². The van der Waals surface area contributed by atoms with Crippen LogP contribution in [0.4, 0.5) is 5.69 Å². The average molecular weight is 422 g/mol. The number of anilines is 1. The molecule has 0 atom stereocenters. The quantitative estimate of drug-likeness (QED) is 0.350. The molecular formula is C25H19N5S. The van der Waals surface area contributed by atoms with Crippen LogP contribution in [0, 0.1) is 0 Å². The smallest absolute Gasteiger partial charge is 0.148 e. The van der Waals surface area contributed by atoms with Crippen molar-refractivity contribution in [2.45, 2.75) is 0 Å². The van der Waals surface area contributed by atoms with Crippen LogP contribution >= 0.6 is 11.3 Å². The number of H-pyrrole nitrogens is 1. The highest BCUT2D eigenvalue weighted by atomic mass is 32.1. The van der Waals surface area contributed by atoms with Crippen molar-refractivity contribution in [2.24, 2.45) is 0 Å². The molecule has 6 heteroatoms. The lowest BCUT2D eigenvalue weighted by Gasteiger charge is -2.12. The largest absolute Gasteiger partial charge is 0.378 e. The van der Waals surface area contributed by atoms with Gasteiger partial charge in [-0.2, -0.15) is 0 Å². The molecule has 0 aliphatic rings. The van der Waals surface area contributed by atoms with E-state index in [1.807, 2.05) is 24.5 Å². The Labute approximate surface area is 183 Å². The summed E-state index contributed by atoms with van der Waals surface area (Å²) in [5.41, 5.74) is 6.12. The van der Waals surface area contributed by atoms with E-state index in [2.05, 4.69) is 82.5 Å². The number of benzene rings is 2. The highest BCUT2D eigenvalue weighted by molar-refractivity contribution is 7.18.